The maximum atomic E-state index is 12.3. The van der Waals surface area contributed by atoms with Crippen LogP contribution >= 0.6 is 0 Å². The Balaban J connectivity index is 1.68. The zero-order valence-electron chi connectivity index (χ0n) is 14.9. The van der Waals surface area contributed by atoms with Crippen molar-refractivity contribution in [3.05, 3.63) is 35.0 Å². The summed E-state index contributed by atoms with van der Waals surface area (Å²) in [6.07, 6.45) is 3.73. The second-order valence-electron chi connectivity index (χ2n) is 6.20. The molecule has 0 unspecified atom stereocenters. The van der Waals surface area contributed by atoms with E-state index < -0.39 is 0 Å². The van der Waals surface area contributed by atoms with Gasteiger partial charge in [0.05, 0.1) is 31.3 Å². The molecule has 25 heavy (non-hydrogen) atoms. The summed E-state index contributed by atoms with van der Waals surface area (Å²) in [5, 5.41) is 7.40. The Morgan fingerprint density at radius 1 is 1.44 bits per heavy atom. The monoisotopic (exact) mass is 345 g/mol. The third kappa shape index (κ3) is 3.48. The number of hydrogen-bond acceptors (Lipinski definition) is 6. The minimum Gasteiger partial charge on any atom is -0.480 e. The molecule has 1 amide bonds. The standard InChI is InChI=1S/C17H23N5O3/c1-10-15(11(2)22(3)21-10)16-12(5-6-25-16)7-19-17(23)13-8-18-9-14(20-13)24-4/h8-9,12,16H,5-7H2,1-4H3,(H,19,23)/t12-,16+/m1/s1. The van der Waals surface area contributed by atoms with Crippen molar-refractivity contribution in [2.45, 2.75) is 26.4 Å². The largest absolute Gasteiger partial charge is 0.480 e. The number of amides is 1. The molecule has 0 aromatic carbocycles. The van der Waals surface area contributed by atoms with Gasteiger partial charge < -0.3 is 14.8 Å². The van der Waals surface area contributed by atoms with Crippen molar-refractivity contribution in [1.29, 1.82) is 0 Å². The van der Waals surface area contributed by atoms with Crippen LogP contribution in [0.15, 0.2) is 12.4 Å². The molecule has 2 aromatic heterocycles. The van der Waals surface area contributed by atoms with Gasteiger partial charge in [-0.3, -0.25) is 14.5 Å². The van der Waals surface area contributed by atoms with Gasteiger partial charge in [0, 0.05) is 37.4 Å². The van der Waals surface area contributed by atoms with Gasteiger partial charge in [0.2, 0.25) is 5.88 Å². The number of hydrogen-bond donors (Lipinski definition) is 1. The molecule has 2 atom stereocenters. The molecule has 8 nitrogen and oxygen atoms in total. The lowest BCUT2D eigenvalue weighted by molar-refractivity contribution is 0.0837. The number of methoxy groups -OCH3 is 1. The van der Waals surface area contributed by atoms with E-state index in [0.29, 0.717) is 19.0 Å². The summed E-state index contributed by atoms with van der Waals surface area (Å²) in [6.45, 7) is 5.22. The van der Waals surface area contributed by atoms with E-state index in [9.17, 15) is 4.79 Å². The third-order valence-electron chi connectivity index (χ3n) is 4.64. The van der Waals surface area contributed by atoms with Crippen molar-refractivity contribution < 1.29 is 14.3 Å². The fourth-order valence-electron chi connectivity index (χ4n) is 3.23. The first-order chi connectivity index (χ1) is 12.0. The molecule has 2 aromatic rings. The molecule has 3 heterocycles. The van der Waals surface area contributed by atoms with Crippen LogP contribution in [0.4, 0.5) is 0 Å². The second-order valence-corrected chi connectivity index (χ2v) is 6.20. The number of aromatic nitrogens is 4. The van der Waals surface area contributed by atoms with Crippen LogP contribution in [0.1, 0.15) is 40.0 Å². The molecule has 1 N–H and O–H groups in total. The number of carbonyl (C=O) groups excluding carboxylic acids is 1. The van der Waals surface area contributed by atoms with Crippen LogP contribution in [0.5, 0.6) is 5.88 Å². The van der Waals surface area contributed by atoms with E-state index in [-0.39, 0.29) is 23.6 Å². The third-order valence-corrected chi connectivity index (χ3v) is 4.64. The normalized spacial score (nSPS) is 19.8. The average molecular weight is 345 g/mol. The highest BCUT2D eigenvalue weighted by Gasteiger charge is 2.33. The Kier molecular flexibility index (Phi) is 4.98. The molecule has 3 rings (SSSR count). The average Bonchev–Trinajstić information content (AvgIpc) is 3.16. The summed E-state index contributed by atoms with van der Waals surface area (Å²) >= 11 is 0. The molecule has 0 bridgehead atoms. The summed E-state index contributed by atoms with van der Waals surface area (Å²) in [4.78, 5) is 20.4. The Labute approximate surface area is 146 Å². The van der Waals surface area contributed by atoms with Crippen molar-refractivity contribution in [2.24, 2.45) is 13.0 Å². The van der Waals surface area contributed by atoms with Crippen molar-refractivity contribution in [3.8, 4) is 5.88 Å². The van der Waals surface area contributed by atoms with Crippen molar-refractivity contribution in [2.75, 3.05) is 20.3 Å². The Morgan fingerprint density at radius 3 is 2.92 bits per heavy atom. The maximum absolute atomic E-state index is 12.3. The van der Waals surface area contributed by atoms with Gasteiger partial charge in [-0.1, -0.05) is 0 Å². The van der Waals surface area contributed by atoms with Crippen molar-refractivity contribution in [3.63, 3.8) is 0 Å². The zero-order valence-corrected chi connectivity index (χ0v) is 14.9. The van der Waals surface area contributed by atoms with Crippen LogP contribution in [-0.2, 0) is 11.8 Å². The zero-order chi connectivity index (χ0) is 18.0. The number of rotatable bonds is 5. The molecule has 1 aliphatic heterocycles. The predicted octanol–water partition coefficient (Wildman–Crippen LogP) is 1.34. The Bertz CT molecular complexity index is 774. The highest BCUT2D eigenvalue weighted by atomic mass is 16.5. The minimum absolute atomic E-state index is 0.0506. The molecule has 0 saturated carbocycles. The molecule has 1 fully saturated rings. The first-order valence-corrected chi connectivity index (χ1v) is 8.27. The van der Waals surface area contributed by atoms with Crippen LogP contribution < -0.4 is 10.1 Å². The van der Waals surface area contributed by atoms with E-state index in [4.69, 9.17) is 9.47 Å². The summed E-state index contributed by atoms with van der Waals surface area (Å²) in [6, 6.07) is 0. The molecule has 1 aliphatic rings. The van der Waals surface area contributed by atoms with Gasteiger partial charge in [-0.2, -0.15) is 5.10 Å². The number of nitrogens with zero attached hydrogens (tertiary/aromatic N) is 4. The van der Waals surface area contributed by atoms with E-state index in [2.05, 4.69) is 20.4 Å². The molecule has 134 valence electrons. The van der Waals surface area contributed by atoms with E-state index in [0.717, 1.165) is 23.4 Å². The highest BCUT2D eigenvalue weighted by molar-refractivity contribution is 5.92. The molecule has 0 aliphatic carbocycles. The predicted molar refractivity (Wildman–Crippen MR) is 90.4 cm³/mol. The van der Waals surface area contributed by atoms with Crippen LogP contribution in [0.25, 0.3) is 0 Å². The maximum Gasteiger partial charge on any atom is 0.271 e. The van der Waals surface area contributed by atoms with E-state index in [1.807, 2.05) is 25.6 Å². The molecule has 8 heteroatoms. The second kappa shape index (κ2) is 7.18. The van der Waals surface area contributed by atoms with E-state index >= 15 is 0 Å². The number of aryl methyl sites for hydroxylation is 2. The molecule has 0 radical (unpaired) electrons. The van der Waals surface area contributed by atoms with Crippen LogP contribution in [0, 0.1) is 19.8 Å². The van der Waals surface area contributed by atoms with Gasteiger partial charge in [-0.15, -0.1) is 0 Å². The minimum atomic E-state index is -0.267. The van der Waals surface area contributed by atoms with Crippen LogP contribution in [0.3, 0.4) is 0 Å². The SMILES string of the molecule is COc1cncc(C(=O)NC[C@H]2CCO[C@@H]2c2c(C)nn(C)c2C)n1. The topological polar surface area (TPSA) is 91.2 Å². The fourth-order valence-corrected chi connectivity index (χ4v) is 3.23. The molecule has 0 spiro atoms. The number of ether oxygens (including phenoxy) is 2. The van der Waals surface area contributed by atoms with Gasteiger partial charge in [-0.25, -0.2) is 4.98 Å². The summed E-state index contributed by atoms with van der Waals surface area (Å²) in [5.41, 5.74) is 3.44. The van der Waals surface area contributed by atoms with Gasteiger partial charge >= 0.3 is 0 Å². The van der Waals surface area contributed by atoms with Crippen molar-refractivity contribution in [1.82, 2.24) is 25.1 Å². The lowest BCUT2D eigenvalue weighted by Crippen LogP contribution is -2.31. The van der Waals surface area contributed by atoms with Crippen molar-refractivity contribution >= 4 is 5.91 Å². The van der Waals surface area contributed by atoms with E-state index in [1.165, 1.54) is 19.5 Å². The lowest BCUT2D eigenvalue weighted by Gasteiger charge is -2.19. The Hall–Kier alpha value is -2.48. The van der Waals surface area contributed by atoms with Gasteiger partial charge in [0.15, 0.2) is 0 Å². The van der Waals surface area contributed by atoms with Gasteiger partial charge in [0.25, 0.3) is 5.91 Å². The number of nitrogens with one attached hydrogen (secondary N) is 1. The van der Waals surface area contributed by atoms with E-state index in [1.54, 1.807) is 0 Å². The molecule has 1 saturated heterocycles. The highest BCUT2D eigenvalue weighted by Crippen LogP contribution is 2.37. The van der Waals surface area contributed by atoms with Gasteiger partial charge in [0.1, 0.15) is 5.69 Å². The first-order valence-electron chi connectivity index (χ1n) is 8.27. The molecular weight excluding hydrogens is 322 g/mol. The summed E-state index contributed by atoms with van der Waals surface area (Å²) < 4.78 is 12.8. The van der Waals surface area contributed by atoms with Crippen LogP contribution in [0.2, 0.25) is 0 Å². The quantitative estimate of drug-likeness (QED) is 0.879. The smallest absolute Gasteiger partial charge is 0.271 e. The lowest BCUT2D eigenvalue weighted by atomic mass is 9.94. The first kappa shape index (κ1) is 17.3. The summed E-state index contributed by atoms with van der Waals surface area (Å²) in [5.74, 6) is 0.247. The van der Waals surface area contributed by atoms with Crippen LogP contribution in [-0.4, -0.2) is 45.9 Å². The van der Waals surface area contributed by atoms with Gasteiger partial charge in [-0.05, 0) is 20.3 Å². The summed E-state index contributed by atoms with van der Waals surface area (Å²) in [7, 11) is 3.42. The fraction of sp³-hybridized carbons (Fsp3) is 0.529. The molecular formula is C17H23N5O3. The Morgan fingerprint density at radius 2 is 2.24 bits per heavy atom. The number of carbonyl (C=O) groups is 1.